The molecule has 0 radical (unpaired) electrons. The van der Waals surface area contributed by atoms with E-state index in [9.17, 15) is 21.6 Å². The maximum absolute atomic E-state index is 14.6. The van der Waals surface area contributed by atoms with Gasteiger partial charge in [-0.25, -0.2) is 31.6 Å². The summed E-state index contributed by atoms with van der Waals surface area (Å²) in [6, 6.07) is 0. The van der Waals surface area contributed by atoms with Crippen molar-refractivity contribution in [2.45, 2.75) is 11.6 Å². The fraction of sp³-hybridized carbons (Fsp3) is 0.385. The van der Waals surface area contributed by atoms with Gasteiger partial charge in [0, 0.05) is 6.26 Å². The van der Waals surface area contributed by atoms with Crippen molar-refractivity contribution in [1.29, 1.82) is 0 Å². The van der Waals surface area contributed by atoms with Gasteiger partial charge in [-0.1, -0.05) is 11.6 Å². The van der Waals surface area contributed by atoms with E-state index in [1.165, 1.54) is 0 Å². The highest BCUT2D eigenvalue weighted by atomic mass is 79.9. The van der Waals surface area contributed by atoms with Crippen molar-refractivity contribution < 1.29 is 26.3 Å². The van der Waals surface area contributed by atoms with Gasteiger partial charge in [-0.15, -0.1) is 0 Å². The fourth-order valence-electron chi connectivity index (χ4n) is 2.44. The summed E-state index contributed by atoms with van der Waals surface area (Å²) in [4.78, 5) is 8.76. The molecule has 2 aromatic rings. The Morgan fingerprint density at radius 3 is 2.68 bits per heavy atom. The molecule has 1 aliphatic heterocycles. The number of benzene rings is 1. The third-order valence-electron chi connectivity index (χ3n) is 3.49. The molecule has 3 rings (SSSR count). The SMILES string of the molecule is CS(=O)(=O)c1nc2c3c(c(Cl)c(Br)c(F)c3n1)OCCN2CC(F)F. The lowest BCUT2D eigenvalue weighted by atomic mass is 10.2. The number of anilines is 1. The Bertz CT molecular complexity index is 974. The summed E-state index contributed by atoms with van der Waals surface area (Å²) >= 11 is 9.05. The van der Waals surface area contributed by atoms with Gasteiger partial charge < -0.3 is 9.64 Å². The predicted octanol–water partition coefficient (Wildman–Crippen LogP) is 3.05. The number of hydrogen-bond donors (Lipinski definition) is 0. The maximum atomic E-state index is 14.6. The third-order valence-corrected chi connectivity index (χ3v) is 5.67. The Morgan fingerprint density at radius 1 is 1.40 bits per heavy atom. The summed E-state index contributed by atoms with van der Waals surface area (Å²) in [7, 11) is -3.91. The van der Waals surface area contributed by atoms with Gasteiger partial charge >= 0.3 is 0 Å². The molecule has 0 fully saturated rings. The minimum Gasteiger partial charge on any atom is -0.489 e. The van der Waals surface area contributed by atoms with Crippen LogP contribution < -0.4 is 9.64 Å². The molecule has 0 spiro atoms. The highest BCUT2D eigenvalue weighted by Gasteiger charge is 2.30. The van der Waals surface area contributed by atoms with Gasteiger partial charge in [-0.2, -0.15) is 0 Å². The van der Waals surface area contributed by atoms with Crippen molar-refractivity contribution in [2.75, 3.05) is 30.9 Å². The standard InChI is InChI=1S/C13H10BrClF3N3O3S/c1-25(22,23)13-19-10-6-11(8(15)7(14)9(10)18)24-3-2-21(4-5(16)17)12(6)20-13/h5H,2-4H2,1H3. The molecule has 12 heteroatoms. The third kappa shape index (κ3) is 3.24. The first-order chi connectivity index (χ1) is 11.6. The topological polar surface area (TPSA) is 72.4 Å². The number of hydrogen-bond acceptors (Lipinski definition) is 6. The van der Waals surface area contributed by atoms with Gasteiger partial charge in [0.25, 0.3) is 6.43 Å². The maximum Gasteiger partial charge on any atom is 0.255 e. The summed E-state index contributed by atoms with van der Waals surface area (Å²) in [6.07, 6.45) is -1.88. The number of alkyl halides is 2. The molecule has 136 valence electrons. The van der Waals surface area contributed by atoms with Crippen molar-refractivity contribution in [2.24, 2.45) is 0 Å². The summed E-state index contributed by atoms with van der Waals surface area (Å²) in [6.45, 7) is -0.762. The molecule has 0 saturated heterocycles. The summed E-state index contributed by atoms with van der Waals surface area (Å²) < 4.78 is 69.5. The summed E-state index contributed by atoms with van der Waals surface area (Å²) in [5.41, 5.74) is -0.377. The van der Waals surface area contributed by atoms with E-state index in [0.717, 1.165) is 11.2 Å². The van der Waals surface area contributed by atoms with Crippen LogP contribution in [-0.2, 0) is 9.84 Å². The minimum absolute atomic E-state index is 0.0100. The van der Waals surface area contributed by atoms with E-state index >= 15 is 0 Å². The average Bonchev–Trinajstić information content (AvgIpc) is 2.69. The smallest absolute Gasteiger partial charge is 0.255 e. The van der Waals surface area contributed by atoms with E-state index in [-0.39, 0.29) is 45.1 Å². The average molecular weight is 461 g/mol. The van der Waals surface area contributed by atoms with Crippen molar-refractivity contribution >= 4 is 54.1 Å². The van der Waals surface area contributed by atoms with Crippen molar-refractivity contribution in [3.8, 4) is 5.75 Å². The lowest BCUT2D eigenvalue weighted by Crippen LogP contribution is -2.32. The van der Waals surface area contributed by atoms with Gasteiger partial charge in [0.2, 0.25) is 15.0 Å². The predicted molar refractivity (Wildman–Crippen MR) is 89.0 cm³/mol. The molecular weight excluding hydrogens is 451 g/mol. The molecule has 2 heterocycles. The molecule has 0 unspecified atom stereocenters. The molecule has 1 aromatic carbocycles. The first-order valence-electron chi connectivity index (χ1n) is 6.85. The lowest BCUT2D eigenvalue weighted by Gasteiger charge is -2.22. The Hall–Kier alpha value is -1.33. The van der Waals surface area contributed by atoms with Gasteiger partial charge in [0.05, 0.1) is 22.9 Å². The Kier molecular flexibility index (Phi) is 4.75. The largest absolute Gasteiger partial charge is 0.489 e. The number of nitrogens with zero attached hydrogens (tertiary/aromatic N) is 3. The molecule has 25 heavy (non-hydrogen) atoms. The van der Waals surface area contributed by atoms with Gasteiger partial charge in [0.1, 0.15) is 23.0 Å². The van der Waals surface area contributed by atoms with E-state index in [1.54, 1.807) is 0 Å². The van der Waals surface area contributed by atoms with E-state index in [1.807, 2.05) is 0 Å². The van der Waals surface area contributed by atoms with Crippen LogP contribution in [-0.4, -0.2) is 50.8 Å². The number of rotatable bonds is 3. The van der Waals surface area contributed by atoms with Crippen LogP contribution in [0, 0.1) is 5.82 Å². The highest BCUT2D eigenvalue weighted by Crippen LogP contribution is 2.45. The monoisotopic (exact) mass is 459 g/mol. The fourth-order valence-corrected chi connectivity index (χ4v) is 3.55. The second-order valence-electron chi connectivity index (χ2n) is 5.28. The quantitative estimate of drug-likeness (QED) is 0.518. The van der Waals surface area contributed by atoms with Crippen molar-refractivity contribution in [3.63, 3.8) is 0 Å². The first-order valence-corrected chi connectivity index (χ1v) is 9.91. The highest BCUT2D eigenvalue weighted by molar-refractivity contribution is 9.10. The van der Waals surface area contributed by atoms with Crippen LogP contribution in [0.15, 0.2) is 9.63 Å². The van der Waals surface area contributed by atoms with E-state index in [2.05, 4.69) is 25.9 Å². The molecule has 1 aliphatic rings. The Morgan fingerprint density at radius 2 is 2.08 bits per heavy atom. The van der Waals surface area contributed by atoms with Crippen LogP contribution in [0.25, 0.3) is 10.9 Å². The zero-order valence-electron chi connectivity index (χ0n) is 12.6. The Balaban J connectivity index is 2.45. The zero-order chi connectivity index (χ0) is 18.5. The molecule has 1 aromatic heterocycles. The molecule has 6 nitrogen and oxygen atoms in total. The normalized spacial score (nSPS) is 14.8. The van der Waals surface area contributed by atoms with Crippen LogP contribution in [0.2, 0.25) is 5.02 Å². The molecule has 0 aliphatic carbocycles. The number of aromatic nitrogens is 2. The van der Waals surface area contributed by atoms with Crippen molar-refractivity contribution in [1.82, 2.24) is 9.97 Å². The van der Waals surface area contributed by atoms with E-state index in [0.29, 0.717) is 0 Å². The van der Waals surface area contributed by atoms with E-state index in [4.69, 9.17) is 16.3 Å². The molecule has 0 amide bonds. The van der Waals surface area contributed by atoms with Gasteiger partial charge in [0.15, 0.2) is 11.6 Å². The Labute approximate surface area is 154 Å². The van der Waals surface area contributed by atoms with Crippen LogP contribution in [0.5, 0.6) is 5.75 Å². The van der Waals surface area contributed by atoms with Crippen LogP contribution in [0.4, 0.5) is 19.0 Å². The van der Waals surface area contributed by atoms with Crippen LogP contribution >= 0.6 is 27.5 Å². The summed E-state index contributed by atoms with van der Waals surface area (Å²) in [5, 5.41) is -0.827. The zero-order valence-corrected chi connectivity index (χ0v) is 15.7. The van der Waals surface area contributed by atoms with Gasteiger partial charge in [-0.3, -0.25) is 0 Å². The molecular formula is C13H10BrClF3N3O3S. The lowest BCUT2D eigenvalue weighted by molar-refractivity contribution is 0.153. The van der Waals surface area contributed by atoms with Crippen molar-refractivity contribution in [3.05, 3.63) is 15.3 Å². The minimum atomic E-state index is -3.91. The number of ether oxygens (including phenoxy) is 1. The number of sulfone groups is 1. The molecule has 0 bridgehead atoms. The van der Waals surface area contributed by atoms with Crippen LogP contribution in [0.1, 0.15) is 0 Å². The first kappa shape index (κ1) is 18.5. The number of halogens is 5. The molecule has 0 N–H and O–H groups in total. The van der Waals surface area contributed by atoms with Gasteiger partial charge in [-0.05, 0) is 15.9 Å². The molecule has 0 saturated carbocycles. The second-order valence-corrected chi connectivity index (χ2v) is 8.36. The van der Waals surface area contributed by atoms with E-state index < -0.39 is 33.8 Å². The summed E-state index contributed by atoms with van der Waals surface area (Å²) in [5.74, 6) is -1.08. The van der Waals surface area contributed by atoms with Crippen LogP contribution in [0.3, 0.4) is 0 Å². The second kappa shape index (κ2) is 6.44. The molecule has 0 atom stereocenters.